The number of halogens is 2. The summed E-state index contributed by atoms with van der Waals surface area (Å²) in [6, 6.07) is 3.94. The molecule has 1 fully saturated rings. The van der Waals surface area contributed by atoms with Gasteiger partial charge >= 0.3 is 6.09 Å². The smallest absolute Gasteiger partial charge is 0.410 e. The Hall–Kier alpha value is -1.90. The number of carbonyl (C=O) groups is 2. The highest BCUT2D eigenvalue weighted by Gasteiger charge is 2.34. The zero-order valence-corrected chi connectivity index (χ0v) is 13.9. The van der Waals surface area contributed by atoms with Crippen molar-refractivity contribution < 1.29 is 24.5 Å². The van der Waals surface area contributed by atoms with Crippen LogP contribution in [0.25, 0.3) is 0 Å². The van der Waals surface area contributed by atoms with Crippen LogP contribution >= 0.6 is 11.6 Å². The summed E-state index contributed by atoms with van der Waals surface area (Å²) in [5.74, 6) is -1.37. The van der Waals surface area contributed by atoms with E-state index in [4.69, 9.17) is 22.1 Å². The van der Waals surface area contributed by atoms with Gasteiger partial charge in [-0.2, -0.15) is 0 Å². The summed E-state index contributed by atoms with van der Waals surface area (Å²) in [6.45, 7) is 0.998. The molecule has 1 saturated heterocycles. The molecule has 1 aromatic carbocycles. The molecular weight excluding hydrogens is 339 g/mol. The summed E-state index contributed by atoms with van der Waals surface area (Å²) in [7, 11) is 0. The Morgan fingerprint density at radius 2 is 2.21 bits per heavy atom. The Labute approximate surface area is 144 Å². The summed E-state index contributed by atoms with van der Waals surface area (Å²) in [5.41, 5.74) is 9.56. The normalized spacial score (nSPS) is 20.6. The van der Waals surface area contributed by atoms with E-state index in [1.54, 1.807) is 0 Å². The van der Waals surface area contributed by atoms with Crippen LogP contribution in [0.2, 0.25) is 5.02 Å². The molecule has 0 spiro atoms. The van der Waals surface area contributed by atoms with Crippen molar-refractivity contribution in [1.82, 2.24) is 4.90 Å². The van der Waals surface area contributed by atoms with Crippen molar-refractivity contribution in [2.45, 2.75) is 12.5 Å². The van der Waals surface area contributed by atoms with E-state index in [0.717, 1.165) is 6.07 Å². The van der Waals surface area contributed by atoms with Gasteiger partial charge in [-0.3, -0.25) is 4.79 Å². The van der Waals surface area contributed by atoms with Crippen molar-refractivity contribution in [3.8, 4) is 0 Å². The van der Waals surface area contributed by atoms with Gasteiger partial charge in [0, 0.05) is 25.2 Å². The van der Waals surface area contributed by atoms with E-state index < -0.39 is 17.8 Å². The highest BCUT2D eigenvalue weighted by atomic mass is 35.5. The van der Waals surface area contributed by atoms with E-state index in [0.29, 0.717) is 18.7 Å². The van der Waals surface area contributed by atoms with Crippen molar-refractivity contribution in [2.24, 2.45) is 11.7 Å². The molecule has 1 aliphatic rings. The number of nitrogens with zero attached hydrogens (tertiary/aromatic N) is 1. The molecule has 2 rings (SSSR count). The van der Waals surface area contributed by atoms with Gasteiger partial charge in [-0.15, -0.1) is 0 Å². The molecule has 132 valence electrons. The number of piperidine rings is 1. The van der Waals surface area contributed by atoms with Crippen LogP contribution in [0.4, 0.5) is 14.9 Å². The lowest BCUT2D eigenvalue weighted by molar-refractivity contribution is -0.427. The molecule has 1 aromatic rings. The van der Waals surface area contributed by atoms with Gasteiger partial charge in [0.15, 0.2) is 0 Å². The molecule has 2 amide bonds. The number of amides is 2. The van der Waals surface area contributed by atoms with Crippen LogP contribution in [-0.4, -0.2) is 49.2 Å². The standard InChI is InChI=1S/C15H20ClFN4O3/c16-12-2-1-11(6-13(12)17)20-14(22)9-5-10(19)8-21(7-9)15(23)24-4-3-18/h1-2,6,9-10H,3-5,7-8,18-19H2,(H,20,22)/p+1/t9-,10+/m0/s1. The number of nitrogens with one attached hydrogen (secondary N) is 1. The van der Waals surface area contributed by atoms with E-state index in [1.165, 1.54) is 17.0 Å². The fraction of sp³-hybridized carbons (Fsp3) is 0.467. The number of carbonyl (C=O) groups excluding carboxylic acids is 2. The van der Waals surface area contributed by atoms with Gasteiger partial charge < -0.3 is 26.4 Å². The average molecular weight is 360 g/mol. The van der Waals surface area contributed by atoms with Gasteiger partial charge in [-0.25, -0.2) is 9.18 Å². The van der Waals surface area contributed by atoms with Crippen molar-refractivity contribution in [3.05, 3.63) is 29.0 Å². The molecule has 24 heavy (non-hydrogen) atoms. The number of quaternary nitrogens is 1. The van der Waals surface area contributed by atoms with Gasteiger partial charge in [-0.1, -0.05) is 11.6 Å². The van der Waals surface area contributed by atoms with Crippen LogP contribution in [0.3, 0.4) is 0 Å². The van der Waals surface area contributed by atoms with Crippen LogP contribution < -0.4 is 16.8 Å². The zero-order valence-electron chi connectivity index (χ0n) is 13.1. The maximum atomic E-state index is 13.4. The third kappa shape index (κ3) is 4.80. The van der Waals surface area contributed by atoms with Crippen LogP contribution in [0.15, 0.2) is 18.2 Å². The van der Waals surface area contributed by atoms with Gasteiger partial charge in [0.05, 0.1) is 17.5 Å². The Kier molecular flexibility index (Phi) is 6.36. The van der Waals surface area contributed by atoms with Crippen LogP contribution in [0, 0.1) is 11.7 Å². The molecule has 9 heteroatoms. The number of nitrogens with two attached hydrogens (primary N) is 1. The number of benzene rings is 1. The lowest BCUT2D eigenvalue weighted by Gasteiger charge is -2.33. The Bertz CT molecular complexity index is 616. The first-order valence-corrected chi connectivity index (χ1v) is 7.99. The van der Waals surface area contributed by atoms with Gasteiger partial charge in [0.1, 0.15) is 18.5 Å². The van der Waals surface area contributed by atoms with Crippen molar-refractivity contribution in [3.63, 3.8) is 0 Å². The van der Waals surface area contributed by atoms with Crippen LogP contribution in [-0.2, 0) is 9.53 Å². The van der Waals surface area contributed by atoms with Gasteiger partial charge in [-0.05, 0) is 18.2 Å². The van der Waals surface area contributed by atoms with Gasteiger partial charge in [0.25, 0.3) is 0 Å². The molecule has 1 aliphatic heterocycles. The fourth-order valence-electron chi connectivity index (χ4n) is 2.60. The minimum atomic E-state index is -0.611. The highest BCUT2D eigenvalue weighted by molar-refractivity contribution is 6.30. The number of hydrogen-bond acceptors (Lipinski definition) is 4. The molecule has 6 N–H and O–H groups in total. The first-order chi connectivity index (χ1) is 11.4. The van der Waals surface area contributed by atoms with E-state index in [-0.39, 0.29) is 36.7 Å². The van der Waals surface area contributed by atoms with Crippen molar-refractivity contribution in [1.29, 1.82) is 0 Å². The SMILES string of the molecule is NCCOC(=O)N1C[C@H]([NH3+])C[C@H](C(=O)Nc2ccc(Cl)c(F)c2)C1. The molecule has 0 radical (unpaired) electrons. The minimum absolute atomic E-state index is 0.0164. The number of anilines is 1. The summed E-state index contributed by atoms with van der Waals surface area (Å²) < 4.78 is 18.4. The predicted molar refractivity (Wildman–Crippen MR) is 86.8 cm³/mol. The van der Waals surface area contributed by atoms with E-state index in [2.05, 4.69) is 11.1 Å². The topological polar surface area (TPSA) is 112 Å². The molecule has 1 heterocycles. The Balaban J connectivity index is 1.99. The molecule has 0 aromatic heterocycles. The first-order valence-electron chi connectivity index (χ1n) is 7.61. The van der Waals surface area contributed by atoms with Crippen LogP contribution in [0.1, 0.15) is 6.42 Å². The highest BCUT2D eigenvalue weighted by Crippen LogP contribution is 2.21. The minimum Gasteiger partial charge on any atom is -0.448 e. The first kappa shape index (κ1) is 18.4. The molecular formula is C15H21ClFN4O3+. The van der Waals surface area contributed by atoms with Crippen molar-refractivity contribution in [2.75, 3.05) is 31.6 Å². The maximum Gasteiger partial charge on any atom is 0.410 e. The maximum absolute atomic E-state index is 13.4. The molecule has 0 aliphatic carbocycles. The molecule has 7 nitrogen and oxygen atoms in total. The lowest BCUT2D eigenvalue weighted by Crippen LogP contribution is -2.69. The summed E-state index contributed by atoms with van der Waals surface area (Å²) in [6.07, 6.45) is 0.0203. The van der Waals surface area contributed by atoms with E-state index in [1.807, 2.05) is 0 Å². The zero-order chi connectivity index (χ0) is 17.7. The second-order valence-corrected chi connectivity index (χ2v) is 6.13. The fourth-order valence-corrected chi connectivity index (χ4v) is 2.72. The number of rotatable bonds is 4. The molecule has 2 atom stereocenters. The van der Waals surface area contributed by atoms with Crippen LogP contribution in [0.5, 0.6) is 0 Å². The van der Waals surface area contributed by atoms with Crippen molar-refractivity contribution >= 4 is 29.3 Å². The predicted octanol–water partition coefficient (Wildman–Crippen LogP) is 0.445. The lowest BCUT2D eigenvalue weighted by atomic mass is 9.94. The average Bonchev–Trinajstić information content (AvgIpc) is 2.55. The Morgan fingerprint density at radius 1 is 1.46 bits per heavy atom. The number of ether oxygens (including phenoxy) is 1. The second kappa shape index (κ2) is 8.27. The largest absolute Gasteiger partial charge is 0.448 e. The second-order valence-electron chi connectivity index (χ2n) is 5.72. The molecule has 0 bridgehead atoms. The quantitative estimate of drug-likeness (QED) is 0.724. The molecule has 0 saturated carbocycles. The Morgan fingerprint density at radius 3 is 2.88 bits per heavy atom. The summed E-state index contributed by atoms with van der Waals surface area (Å²) >= 11 is 5.62. The number of likely N-dealkylation sites (tertiary alicyclic amines) is 1. The number of hydrogen-bond donors (Lipinski definition) is 3. The van der Waals surface area contributed by atoms with E-state index in [9.17, 15) is 14.0 Å². The molecule has 0 unspecified atom stereocenters. The van der Waals surface area contributed by atoms with Gasteiger partial charge in [0.2, 0.25) is 5.91 Å². The summed E-state index contributed by atoms with van der Waals surface area (Å²) in [4.78, 5) is 25.8. The summed E-state index contributed by atoms with van der Waals surface area (Å²) in [5, 5.41) is 2.62. The van der Waals surface area contributed by atoms with E-state index >= 15 is 0 Å². The monoisotopic (exact) mass is 359 g/mol. The third-order valence-electron chi connectivity index (χ3n) is 3.70. The third-order valence-corrected chi connectivity index (χ3v) is 4.00.